The first-order chi connectivity index (χ1) is 9.50. The van der Waals surface area contributed by atoms with Gasteiger partial charge in [0, 0.05) is 22.3 Å². The normalized spacial score (nSPS) is 11.9. The maximum atomic E-state index is 12.7. The van der Waals surface area contributed by atoms with Crippen molar-refractivity contribution in [2.75, 3.05) is 0 Å². The van der Waals surface area contributed by atoms with Crippen LogP contribution in [0.25, 0.3) is 11.0 Å². The molecule has 0 saturated heterocycles. The molecule has 0 atom stereocenters. The van der Waals surface area contributed by atoms with E-state index in [-0.39, 0.29) is 9.79 Å². The van der Waals surface area contributed by atoms with Gasteiger partial charge >= 0.3 is 0 Å². The van der Waals surface area contributed by atoms with Crippen LogP contribution >= 0.6 is 15.9 Å². The van der Waals surface area contributed by atoms with E-state index in [1.807, 2.05) is 6.92 Å². The van der Waals surface area contributed by atoms with Crippen LogP contribution in [0.3, 0.4) is 0 Å². The van der Waals surface area contributed by atoms with Crippen LogP contribution in [-0.4, -0.2) is 18.4 Å². The number of aromatic nitrogens is 2. The van der Waals surface area contributed by atoms with Gasteiger partial charge in [-0.1, -0.05) is 17.7 Å². The largest absolute Gasteiger partial charge is 0.346 e. The van der Waals surface area contributed by atoms with Crippen molar-refractivity contribution >= 4 is 36.8 Å². The van der Waals surface area contributed by atoms with Gasteiger partial charge in [-0.3, -0.25) is 0 Å². The zero-order valence-corrected chi connectivity index (χ0v) is 13.0. The van der Waals surface area contributed by atoms with E-state index in [0.717, 1.165) is 10.9 Å². The first kappa shape index (κ1) is 13.3. The molecule has 1 N–H and O–H groups in total. The molecule has 0 amide bonds. The number of sulfone groups is 1. The Morgan fingerprint density at radius 3 is 2.55 bits per heavy atom. The van der Waals surface area contributed by atoms with E-state index in [1.54, 1.807) is 36.5 Å². The lowest BCUT2D eigenvalue weighted by molar-refractivity contribution is 0.595. The van der Waals surface area contributed by atoms with Gasteiger partial charge in [-0.2, -0.15) is 0 Å². The number of aromatic amines is 1. The third-order valence-corrected chi connectivity index (χ3v) is 6.01. The SMILES string of the molecule is Cc1ccc(S(=O)(=O)c2cnc3[nH]ccc3c2Br)cc1. The topological polar surface area (TPSA) is 62.8 Å². The minimum atomic E-state index is -3.58. The van der Waals surface area contributed by atoms with Crippen molar-refractivity contribution in [1.29, 1.82) is 0 Å². The van der Waals surface area contributed by atoms with Gasteiger partial charge in [0.1, 0.15) is 10.5 Å². The molecular weight excluding hydrogens is 340 g/mol. The molecule has 3 rings (SSSR count). The van der Waals surface area contributed by atoms with Crippen molar-refractivity contribution in [2.45, 2.75) is 16.7 Å². The number of fused-ring (bicyclic) bond motifs is 1. The van der Waals surface area contributed by atoms with Gasteiger partial charge < -0.3 is 4.98 Å². The second kappa shape index (κ2) is 4.71. The number of nitrogens with zero attached hydrogens (tertiary/aromatic N) is 1. The average molecular weight is 351 g/mol. The van der Waals surface area contributed by atoms with Crippen LogP contribution in [-0.2, 0) is 9.84 Å². The molecule has 3 aromatic rings. The number of nitrogens with one attached hydrogen (secondary N) is 1. The highest BCUT2D eigenvalue weighted by atomic mass is 79.9. The maximum Gasteiger partial charge on any atom is 0.209 e. The molecule has 0 aliphatic heterocycles. The van der Waals surface area contributed by atoms with E-state index in [4.69, 9.17) is 0 Å². The second-order valence-electron chi connectivity index (χ2n) is 4.49. The van der Waals surface area contributed by atoms with E-state index < -0.39 is 9.84 Å². The summed E-state index contributed by atoms with van der Waals surface area (Å²) in [6, 6.07) is 8.57. The number of pyridine rings is 1. The number of aryl methyl sites for hydroxylation is 1. The molecular formula is C14H11BrN2O2S. The van der Waals surface area contributed by atoms with Crippen LogP contribution in [0.1, 0.15) is 5.56 Å². The predicted molar refractivity (Wildman–Crippen MR) is 80.4 cm³/mol. The molecule has 20 heavy (non-hydrogen) atoms. The van der Waals surface area contributed by atoms with Crippen LogP contribution in [0.5, 0.6) is 0 Å². The van der Waals surface area contributed by atoms with Crippen LogP contribution in [0, 0.1) is 6.92 Å². The van der Waals surface area contributed by atoms with Crippen molar-refractivity contribution < 1.29 is 8.42 Å². The Bertz CT molecular complexity index is 883. The molecule has 0 bridgehead atoms. The fourth-order valence-corrected chi connectivity index (χ4v) is 4.34. The highest BCUT2D eigenvalue weighted by Crippen LogP contribution is 2.32. The summed E-state index contributed by atoms with van der Waals surface area (Å²) in [7, 11) is -3.58. The van der Waals surface area contributed by atoms with Gasteiger partial charge in [-0.15, -0.1) is 0 Å². The molecule has 2 aromatic heterocycles. The quantitative estimate of drug-likeness (QED) is 0.769. The fourth-order valence-electron chi connectivity index (χ4n) is 1.99. The summed E-state index contributed by atoms with van der Waals surface area (Å²) in [5.74, 6) is 0. The minimum absolute atomic E-state index is 0.174. The summed E-state index contributed by atoms with van der Waals surface area (Å²) >= 11 is 3.37. The second-order valence-corrected chi connectivity index (χ2v) is 7.20. The Morgan fingerprint density at radius 2 is 1.85 bits per heavy atom. The van der Waals surface area contributed by atoms with Gasteiger partial charge in [0.2, 0.25) is 9.84 Å². The molecule has 0 saturated carbocycles. The first-order valence-corrected chi connectivity index (χ1v) is 8.21. The number of halogens is 1. The van der Waals surface area contributed by atoms with Crippen molar-refractivity contribution in [3.8, 4) is 0 Å². The average Bonchev–Trinajstić information content (AvgIpc) is 2.88. The number of H-pyrrole nitrogens is 1. The molecule has 0 fully saturated rings. The molecule has 1 aromatic carbocycles. The molecule has 0 unspecified atom stereocenters. The van der Waals surface area contributed by atoms with Gasteiger partial charge in [0.25, 0.3) is 0 Å². The fraction of sp³-hybridized carbons (Fsp3) is 0.0714. The van der Waals surface area contributed by atoms with Gasteiger partial charge in [-0.25, -0.2) is 13.4 Å². The summed E-state index contributed by atoms with van der Waals surface area (Å²) in [6.45, 7) is 1.92. The summed E-state index contributed by atoms with van der Waals surface area (Å²) in [6.07, 6.45) is 3.10. The van der Waals surface area contributed by atoms with E-state index >= 15 is 0 Å². The lowest BCUT2D eigenvalue weighted by atomic mass is 10.2. The Labute approximate surface area is 124 Å². The van der Waals surface area contributed by atoms with Crippen molar-refractivity contribution in [3.63, 3.8) is 0 Å². The van der Waals surface area contributed by atoms with Crippen molar-refractivity contribution in [1.82, 2.24) is 9.97 Å². The number of rotatable bonds is 2. The lowest BCUT2D eigenvalue weighted by Crippen LogP contribution is -2.04. The maximum absolute atomic E-state index is 12.7. The zero-order chi connectivity index (χ0) is 14.3. The molecule has 0 radical (unpaired) electrons. The van der Waals surface area contributed by atoms with Crippen molar-refractivity contribution in [2.24, 2.45) is 0 Å². The van der Waals surface area contributed by atoms with E-state index in [1.165, 1.54) is 6.20 Å². The van der Waals surface area contributed by atoms with Crippen LogP contribution in [0.4, 0.5) is 0 Å². The Hall–Kier alpha value is -1.66. The smallest absolute Gasteiger partial charge is 0.209 e. The Kier molecular flexibility index (Phi) is 3.14. The molecule has 0 aliphatic carbocycles. The summed E-state index contributed by atoms with van der Waals surface area (Å²) in [5, 5.41) is 0.748. The van der Waals surface area contributed by atoms with Gasteiger partial charge in [-0.05, 0) is 41.1 Å². The Balaban J connectivity index is 2.23. The predicted octanol–water partition coefficient (Wildman–Crippen LogP) is 3.47. The lowest BCUT2D eigenvalue weighted by Gasteiger charge is -2.07. The number of hydrogen-bond donors (Lipinski definition) is 1. The van der Waals surface area contributed by atoms with Gasteiger partial charge in [0.05, 0.1) is 4.90 Å². The summed E-state index contributed by atoms with van der Waals surface area (Å²) in [5.41, 5.74) is 1.67. The van der Waals surface area contributed by atoms with Crippen LogP contribution in [0.15, 0.2) is 57.0 Å². The van der Waals surface area contributed by atoms with Gasteiger partial charge in [0.15, 0.2) is 0 Å². The van der Waals surface area contributed by atoms with E-state index in [0.29, 0.717) is 10.1 Å². The molecule has 6 heteroatoms. The zero-order valence-electron chi connectivity index (χ0n) is 10.6. The van der Waals surface area contributed by atoms with Crippen LogP contribution < -0.4 is 0 Å². The van der Waals surface area contributed by atoms with Crippen LogP contribution in [0.2, 0.25) is 0 Å². The third-order valence-electron chi connectivity index (χ3n) is 3.11. The molecule has 0 aliphatic rings. The standard InChI is InChI=1S/C14H11BrN2O2S/c1-9-2-4-10(5-3-9)20(18,19)12-8-17-14-11(13(12)15)6-7-16-14/h2-8H,1H3,(H,16,17). The number of hydrogen-bond acceptors (Lipinski definition) is 3. The van der Waals surface area contributed by atoms with E-state index in [2.05, 4.69) is 25.9 Å². The summed E-state index contributed by atoms with van der Waals surface area (Å²) < 4.78 is 25.8. The highest BCUT2D eigenvalue weighted by molar-refractivity contribution is 9.10. The third kappa shape index (κ3) is 2.05. The minimum Gasteiger partial charge on any atom is -0.346 e. The van der Waals surface area contributed by atoms with E-state index in [9.17, 15) is 8.42 Å². The molecule has 4 nitrogen and oxygen atoms in total. The summed E-state index contributed by atoms with van der Waals surface area (Å²) in [4.78, 5) is 7.54. The monoisotopic (exact) mass is 350 g/mol. The molecule has 2 heterocycles. The molecule has 0 spiro atoms. The Morgan fingerprint density at radius 1 is 1.15 bits per heavy atom. The van der Waals surface area contributed by atoms with Crippen molar-refractivity contribution in [3.05, 3.63) is 52.8 Å². The first-order valence-electron chi connectivity index (χ1n) is 5.93. The number of benzene rings is 1. The molecule has 102 valence electrons. The highest BCUT2D eigenvalue weighted by Gasteiger charge is 2.22.